The van der Waals surface area contributed by atoms with Crippen molar-refractivity contribution in [2.75, 3.05) is 7.11 Å². The fourth-order valence-corrected chi connectivity index (χ4v) is 1.38. The van der Waals surface area contributed by atoms with E-state index in [2.05, 4.69) is 15.0 Å². The van der Waals surface area contributed by atoms with Crippen LogP contribution < -0.4 is 4.74 Å². The molecule has 4 heteroatoms. The van der Waals surface area contributed by atoms with Crippen LogP contribution in [0.5, 0.6) is 5.88 Å². The first-order valence-corrected chi connectivity index (χ1v) is 5.25. The molecule has 0 spiro atoms. The van der Waals surface area contributed by atoms with E-state index >= 15 is 0 Å². The lowest BCUT2D eigenvalue weighted by Crippen LogP contribution is -1.90. The van der Waals surface area contributed by atoms with Gasteiger partial charge in [-0.3, -0.25) is 0 Å². The second-order valence-electron chi connectivity index (χ2n) is 3.50. The fourth-order valence-electron chi connectivity index (χ4n) is 1.38. The topological polar surface area (TPSA) is 47.9 Å². The predicted molar refractivity (Wildman–Crippen MR) is 66.5 cm³/mol. The van der Waals surface area contributed by atoms with Gasteiger partial charge in [0.15, 0.2) is 0 Å². The van der Waals surface area contributed by atoms with E-state index < -0.39 is 0 Å². The van der Waals surface area contributed by atoms with E-state index in [1.54, 1.807) is 25.7 Å². The van der Waals surface area contributed by atoms with Gasteiger partial charge < -0.3 is 4.74 Å². The van der Waals surface area contributed by atoms with Gasteiger partial charge in [-0.05, 0) is 25.1 Å². The van der Waals surface area contributed by atoms with Crippen molar-refractivity contribution < 1.29 is 4.74 Å². The first kappa shape index (κ1) is 11.3. The molecule has 0 bridgehead atoms. The zero-order valence-electron chi connectivity index (χ0n) is 9.79. The summed E-state index contributed by atoms with van der Waals surface area (Å²) in [6.07, 6.45) is 9.12. The largest absolute Gasteiger partial charge is 0.481 e. The Bertz CT molecular complexity index is 520. The third-order valence-corrected chi connectivity index (χ3v) is 2.25. The molecular weight excluding hydrogens is 214 g/mol. The molecule has 2 aromatic heterocycles. The molecule has 2 aromatic rings. The molecule has 0 unspecified atom stereocenters. The van der Waals surface area contributed by atoms with E-state index in [-0.39, 0.29) is 0 Å². The van der Waals surface area contributed by atoms with E-state index in [9.17, 15) is 0 Å². The molecule has 0 saturated heterocycles. The number of ether oxygens (including phenoxy) is 1. The summed E-state index contributed by atoms with van der Waals surface area (Å²) in [7, 11) is 1.61. The summed E-state index contributed by atoms with van der Waals surface area (Å²) in [5.74, 6) is 1.37. The van der Waals surface area contributed by atoms with Gasteiger partial charge in [-0.25, -0.2) is 15.0 Å². The van der Waals surface area contributed by atoms with Crippen LogP contribution in [0.4, 0.5) is 0 Å². The smallest absolute Gasteiger partial charge is 0.220 e. The van der Waals surface area contributed by atoms with E-state index in [0.717, 1.165) is 17.0 Å². The first-order valence-electron chi connectivity index (χ1n) is 5.25. The second kappa shape index (κ2) is 5.21. The standard InChI is InChI=1S/C13H13N3O/c1-10-15-8-11(9-16-10)5-6-12-4-3-7-14-13(12)17-2/h3-9H,1-2H3/b6-5+. The molecule has 0 N–H and O–H groups in total. The van der Waals surface area contributed by atoms with Crippen LogP contribution >= 0.6 is 0 Å². The SMILES string of the molecule is COc1ncccc1/C=C/c1cnc(C)nc1. The Labute approximate surface area is 100 Å². The molecule has 2 rings (SSSR count). The highest BCUT2D eigenvalue weighted by Crippen LogP contribution is 2.16. The highest BCUT2D eigenvalue weighted by molar-refractivity contribution is 5.70. The molecule has 4 nitrogen and oxygen atoms in total. The lowest BCUT2D eigenvalue weighted by molar-refractivity contribution is 0.397. The number of pyridine rings is 1. The molecule has 0 amide bonds. The Kier molecular flexibility index (Phi) is 3.45. The van der Waals surface area contributed by atoms with Crippen molar-refractivity contribution >= 4 is 12.2 Å². The van der Waals surface area contributed by atoms with Crippen molar-refractivity contribution in [2.24, 2.45) is 0 Å². The number of hydrogen-bond acceptors (Lipinski definition) is 4. The van der Waals surface area contributed by atoms with Crippen LogP contribution in [0, 0.1) is 6.92 Å². The first-order chi connectivity index (χ1) is 8.29. The van der Waals surface area contributed by atoms with E-state index in [4.69, 9.17) is 4.74 Å². The van der Waals surface area contributed by atoms with E-state index in [1.165, 1.54) is 0 Å². The molecule has 86 valence electrons. The quantitative estimate of drug-likeness (QED) is 0.807. The van der Waals surface area contributed by atoms with Crippen LogP contribution in [-0.2, 0) is 0 Å². The molecule has 0 atom stereocenters. The maximum Gasteiger partial charge on any atom is 0.220 e. The number of rotatable bonds is 3. The third kappa shape index (κ3) is 2.87. The summed E-state index contributed by atoms with van der Waals surface area (Å²) in [4.78, 5) is 12.4. The Morgan fingerprint density at radius 3 is 2.59 bits per heavy atom. The summed E-state index contributed by atoms with van der Waals surface area (Å²) < 4.78 is 5.16. The number of aryl methyl sites for hydroxylation is 1. The monoisotopic (exact) mass is 227 g/mol. The van der Waals surface area contributed by atoms with Gasteiger partial charge in [0.2, 0.25) is 5.88 Å². The van der Waals surface area contributed by atoms with Gasteiger partial charge in [0.05, 0.1) is 7.11 Å². The van der Waals surface area contributed by atoms with Gasteiger partial charge in [0.25, 0.3) is 0 Å². The summed E-state index contributed by atoms with van der Waals surface area (Å²) in [6.45, 7) is 1.86. The summed E-state index contributed by atoms with van der Waals surface area (Å²) in [5, 5.41) is 0. The summed E-state index contributed by atoms with van der Waals surface area (Å²) >= 11 is 0. The Hall–Kier alpha value is -2.23. The summed E-state index contributed by atoms with van der Waals surface area (Å²) in [6, 6.07) is 3.81. The van der Waals surface area contributed by atoms with E-state index in [1.807, 2.05) is 31.2 Å². The Morgan fingerprint density at radius 2 is 1.88 bits per heavy atom. The minimum atomic E-state index is 0.608. The Balaban J connectivity index is 2.22. The van der Waals surface area contributed by atoms with Crippen LogP contribution in [0.25, 0.3) is 12.2 Å². The molecule has 0 aliphatic heterocycles. The zero-order chi connectivity index (χ0) is 12.1. The average Bonchev–Trinajstić information content (AvgIpc) is 2.38. The zero-order valence-corrected chi connectivity index (χ0v) is 9.79. The minimum absolute atomic E-state index is 0.608. The van der Waals surface area contributed by atoms with Crippen molar-refractivity contribution in [1.82, 2.24) is 15.0 Å². The van der Waals surface area contributed by atoms with E-state index in [0.29, 0.717) is 5.88 Å². The van der Waals surface area contributed by atoms with Gasteiger partial charge >= 0.3 is 0 Å². The minimum Gasteiger partial charge on any atom is -0.481 e. The number of nitrogens with zero attached hydrogens (tertiary/aromatic N) is 3. The maximum atomic E-state index is 5.16. The normalized spacial score (nSPS) is 10.7. The van der Waals surface area contributed by atoms with Crippen molar-refractivity contribution in [3.8, 4) is 5.88 Å². The van der Waals surface area contributed by atoms with Gasteiger partial charge in [0, 0.05) is 29.7 Å². The van der Waals surface area contributed by atoms with Crippen molar-refractivity contribution in [1.29, 1.82) is 0 Å². The maximum absolute atomic E-state index is 5.16. The van der Waals surface area contributed by atoms with Crippen molar-refractivity contribution in [3.05, 3.63) is 47.7 Å². The molecule has 2 heterocycles. The number of aromatic nitrogens is 3. The van der Waals surface area contributed by atoms with Crippen LogP contribution in [0.15, 0.2) is 30.7 Å². The predicted octanol–water partition coefficient (Wildman–Crippen LogP) is 2.36. The van der Waals surface area contributed by atoms with Crippen molar-refractivity contribution in [2.45, 2.75) is 6.92 Å². The lowest BCUT2D eigenvalue weighted by Gasteiger charge is -2.01. The van der Waals surface area contributed by atoms with Gasteiger partial charge in [-0.1, -0.05) is 6.08 Å². The number of hydrogen-bond donors (Lipinski definition) is 0. The van der Waals surface area contributed by atoms with Gasteiger partial charge in [0.1, 0.15) is 5.82 Å². The number of methoxy groups -OCH3 is 1. The Morgan fingerprint density at radius 1 is 1.12 bits per heavy atom. The molecule has 0 aliphatic rings. The summed E-state index contributed by atoms with van der Waals surface area (Å²) in [5.41, 5.74) is 1.87. The molecule has 0 fully saturated rings. The van der Waals surface area contributed by atoms with Crippen LogP contribution in [0.1, 0.15) is 17.0 Å². The molecule has 17 heavy (non-hydrogen) atoms. The van der Waals surface area contributed by atoms with Crippen molar-refractivity contribution in [3.63, 3.8) is 0 Å². The molecule has 0 aliphatic carbocycles. The fraction of sp³-hybridized carbons (Fsp3) is 0.154. The molecular formula is C13H13N3O. The van der Waals surface area contributed by atoms with Crippen LogP contribution in [-0.4, -0.2) is 22.1 Å². The highest BCUT2D eigenvalue weighted by atomic mass is 16.5. The molecule has 0 aromatic carbocycles. The van der Waals surface area contributed by atoms with Gasteiger partial charge in [-0.15, -0.1) is 0 Å². The highest BCUT2D eigenvalue weighted by Gasteiger charge is 1.98. The second-order valence-corrected chi connectivity index (χ2v) is 3.50. The average molecular weight is 227 g/mol. The molecule has 0 radical (unpaired) electrons. The lowest BCUT2D eigenvalue weighted by atomic mass is 10.2. The van der Waals surface area contributed by atoms with Gasteiger partial charge in [-0.2, -0.15) is 0 Å². The molecule has 0 saturated carbocycles. The van der Waals surface area contributed by atoms with Crippen LogP contribution in [0.3, 0.4) is 0 Å². The van der Waals surface area contributed by atoms with Crippen LogP contribution in [0.2, 0.25) is 0 Å². The third-order valence-electron chi connectivity index (χ3n) is 2.25.